The Hall–Kier alpha value is -1.42. The van der Waals surface area contributed by atoms with Crippen LogP contribution in [0.15, 0.2) is 48.5 Å². The molecular formula is C16H19ClFNO. The van der Waals surface area contributed by atoms with E-state index < -0.39 is 12.1 Å². The molecule has 0 aliphatic heterocycles. The number of halogens is 2. The molecule has 4 heteroatoms. The first-order valence-corrected chi connectivity index (χ1v) is 6.32. The Morgan fingerprint density at radius 2 is 1.75 bits per heavy atom. The van der Waals surface area contributed by atoms with Gasteiger partial charge in [0.1, 0.15) is 5.82 Å². The lowest BCUT2D eigenvalue weighted by molar-refractivity contribution is 0.144. The minimum absolute atomic E-state index is 0. The maximum absolute atomic E-state index is 13.5. The van der Waals surface area contributed by atoms with Crippen molar-refractivity contribution >= 4 is 12.4 Å². The first kappa shape index (κ1) is 16.6. The van der Waals surface area contributed by atoms with Gasteiger partial charge in [0.05, 0.1) is 12.1 Å². The molecule has 20 heavy (non-hydrogen) atoms. The number of aliphatic hydroxyl groups is 1. The highest BCUT2D eigenvalue weighted by atomic mass is 35.5. The molecule has 0 unspecified atom stereocenters. The number of rotatable bonds is 4. The molecule has 0 spiro atoms. The molecule has 0 aromatic heterocycles. The fourth-order valence-electron chi connectivity index (χ4n) is 2.18. The molecule has 3 N–H and O–H groups in total. The first-order valence-electron chi connectivity index (χ1n) is 6.32. The topological polar surface area (TPSA) is 46.2 Å². The lowest BCUT2D eigenvalue weighted by Gasteiger charge is -2.21. The second-order valence-corrected chi connectivity index (χ2v) is 4.74. The molecule has 0 saturated heterocycles. The average Bonchev–Trinajstić information content (AvgIpc) is 2.42. The Kier molecular flexibility index (Phi) is 6.14. The van der Waals surface area contributed by atoms with Gasteiger partial charge in [0.25, 0.3) is 0 Å². The van der Waals surface area contributed by atoms with E-state index in [9.17, 15) is 9.50 Å². The van der Waals surface area contributed by atoms with Crippen molar-refractivity contribution in [2.24, 2.45) is 5.73 Å². The van der Waals surface area contributed by atoms with E-state index in [2.05, 4.69) is 0 Å². The highest BCUT2D eigenvalue weighted by Crippen LogP contribution is 2.22. The van der Waals surface area contributed by atoms with Gasteiger partial charge in [0, 0.05) is 6.42 Å². The molecule has 0 saturated carbocycles. The highest BCUT2D eigenvalue weighted by Gasteiger charge is 2.20. The summed E-state index contributed by atoms with van der Waals surface area (Å²) < 4.78 is 13.5. The summed E-state index contributed by atoms with van der Waals surface area (Å²) in [7, 11) is 0. The minimum Gasteiger partial charge on any atom is -0.391 e. The summed E-state index contributed by atoms with van der Waals surface area (Å²) in [5, 5.41) is 10.2. The Balaban J connectivity index is 0.00000200. The monoisotopic (exact) mass is 295 g/mol. The lowest BCUT2D eigenvalue weighted by atomic mass is 9.94. The van der Waals surface area contributed by atoms with Gasteiger partial charge >= 0.3 is 0 Å². The third-order valence-corrected chi connectivity index (χ3v) is 3.37. The Morgan fingerprint density at radius 1 is 1.10 bits per heavy atom. The van der Waals surface area contributed by atoms with E-state index in [1.807, 2.05) is 30.3 Å². The molecule has 2 aromatic carbocycles. The van der Waals surface area contributed by atoms with Gasteiger partial charge in [-0.2, -0.15) is 0 Å². The van der Waals surface area contributed by atoms with Crippen LogP contribution in [0.5, 0.6) is 0 Å². The van der Waals surface area contributed by atoms with Gasteiger partial charge < -0.3 is 10.8 Å². The molecule has 0 aliphatic carbocycles. The minimum atomic E-state index is -0.733. The van der Waals surface area contributed by atoms with E-state index in [0.29, 0.717) is 17.5 Å². The standard InChI is InChI=1S/C16H18FNO.ClH/c1-11-13(8-5-9-14(11)17)16(18)15(19)10-12-6-3-2-4-7-12;/h2-9,15-16,19H,10,18H2,1H3;1H/t15-,16+;/m1./s1. The number of hydrogen-bond acceptors (Lipinski definition) is 2. The summed E-state index contributed by atoms with van der Waals surface area (Å²) in [5.41, 5.74) is 8.21. The fourth-order valence-corrected chi connectivity index (χ4v) is 2.18. The second-order valence-electron chi connectivity index (χ2n) is 4.74. The largest absolute Gasteiger partial charge is 0.391 e. The molecule has 0 amide bonds. The summed E-state index contributed by atoms with van der Waals surface area (Å²) in [6.45, 7) is 1.68. The van der Waals surface area contributed by atoms with Crippen molar-refractivity contribution in [2.75, 3.05) is 0 Å². The zero-order valence-corrected chi connectivity index (χ0v) is 12.1. The van der Waals surface area contributed by atoms with Gasteiger partial charge in [-0.25, -0.2) is 4.39 Å². The average molecular weight is 296 g/mol. The van der Waals surface area contributed by atoms with Crippen LogP contribution in [0.3, 0.4) is 0 Å². The van der Waals surface area contributed by atoms with E-state index in [4.69, 9.17) is 5.73 Å². The van der Waals surface area contributed by atoms with Gasteiger partial charge in [0.2, 0.25) is 0 Å². The van der Waals surface area contributed by atoms with Crippen molar-refractivity contribution in [2.45, 2.75) is 25.5 Å². The number of aliphatic hydroxyl groups excluding tert-OH is 1. The maximum atomic E-state index is 13.5. The molecule has 2 aromatic rings. The Labute approximate surface area is 124 Å². The van der Waals surface area contributed by atoms with Crippen LogP contribution in [0.25, 0.3) is 0 Å². The van der Waals surface area contributed by atoms with Gasteiger partial charge in [0.15, 0.2) is 0 Å². The van der Waals surface area contributed by atoms with Gasteiger partial charge in [-0.3, -0.25) is 0 Å². The smallest absolute Gasteiger partial charge is 0.126 e. The number of hydrogen-bond donors (Lipinski definition) is 2. The summed E-state index contributed by atoms with van der Waals surface area (Å²) in [6, 6.07) is 13.8. The van der Waals surface area contributed by atoms with Crippen molar-refractivity contribution in [3.8, 4) is 0 Å². The summed E-state index contributed by atoms with van der Waals surface area (Å²) >= 11 is 0. The SMILES string of the molecule is Cc1c(F)cccc1[C@H](N)[C@H](O)Cc1ccccc1.Cl. The molecule has 108 valence electrons. The van der Waals surface area contributed by atoms with E-state index in [1.54, 1.807) is 19.1 Å². The molecule has 0 bridgehead atoms. The van der Waals surface area contributed by atoms with Crippen molar-refractivity contribution in [3.63, 3.8) is 0 Å². The Bertz CT molecular complexity index is 547. The lowest BCUT2D eigenvalue weighted by Crippen LogP contribution is -2.29. The third kappa shape index (κ3) is 3.79. The van der Waals surface area contributed by atoms with Crippen LogP contribution in [0.2, 0.25) is 0 Å². The number of benzene rings is 2. The predicted octanol–water partition coefficient (Wildman–Crippen LogP) is 3.16. The molecular weight excluding hydrogens is 277 g/mol. The molecule has 0 aliphatic rings. The highest BCUT2D eigenvalue weighted by molar-refractivity contribution is 5.85. The number of nitrogens with two attached hydrogens (primary N) is 1. The van der Waals surface area contributed by atoms with Gasteiger partial charge in [-0.1, -0.05) is 42.5 Å². The van der Waals surface area contributed by atoms with E-state index in [1.165, 1.54) is 6.07 Å². The van der Waals surface area contributed by atoms with E-state index in [0.717, 1.165) is 5.56 Å². The summed E-state index contributed by atoms with van der Waals surface area (Å²) in [6.07, 6.45) is -0.277. The van der Waals surface area contributed by atoms with Crippen LogP contribution in [0, 0.1) is 12.7 Å². The first-order chi connectivity index (χ1) is 9.09. The molecule has 2 rings (SSSR count). The van der Waals surface area contributed by atoms with Gasteiger partial charge in [-0.15, -0.1) is 12.4 Å². The van der Waals surface area contributed by atoms with Crippen LogP contribution in [-0.4, -0.2) is 11.2 Å². The van der Waals surface area contributed by atoms with Crippen molar-refractivity contribution in [1.29, 1.82) is 0 Å². The molecule has 2 nitrogen and oxygen atoms in total. The zero-order chi connectivity index (χ0) is 13.8. The van der Waals surface area contributed by atoms with Crippen LogP contribution in [0.4, 0.5) is 4.39 Å². The third-order valence-electron chi connectivity index (χ3n) is 3.37. The Morgan fingerprint density at radius 3 is 2.40 bits per heavy atom. The van der Waals surface area contributed by atoms with E-state index in [-0.39, 0.29) is 18.2 Å². The van der Waals surface area contributed by atoms with Crippen LogP contribution >= 0.6 is 12.4 Å². The van der Waals surface area contributed by atoms with Crippen LogP contribution in [-0.2, 0) is 6.42 Å². The van der Waals surface area contributed by atoms with E-state index >= 15 is 0 Å². The fraction of sp³-hybridized carbons (Fsp3) is 0.250. The molecule has 0 heterocycles. The maximum Gasteiger partial charge on any atom is 0.126 e. The quantitative estimate of drug-likeness (QED) is 0.910. The molecule has 0 radical (unpaired) electrons. The summed E-state index contributed by atoms with van der Waals surface area (Å²) in [5.74, 6) is -0.292. The zero-order valence-electron chi connectivity index (χ0n) is 11.3. The predicted molar refractivity (Wildman–Crippen MR) is 81.5 cm³/mol. The van der Waals surface area contributed by atoms with Crippen LogP contribution in [0.1, 0.15) is 22.7 Å². The van der Waals surface area contributed by atoms with Crippen molar-refractivity contribution in [1.82, 2.24) is 0 Å². The summed E-state index contributed by atoms with van der Waals surface area (Å²) in [4.78, 5) is 0. The van der Waals surface area contributed by atoms with Crippen LogP contribution < -0.4 is 5.73 Å². The van der Waals surface area contributed by atoms with Crippen molar-refractivity contribution < 1.29 is 9.50 Å². The normalized spacial score (nSPS) is 13.4. The van der Waals surface area contributed by atoms with Gasteiger partial charge in [-0.05, 0) is 29.7 Å². The second kappa shape index (κ2) is 7.39. The molecule has 2 atom stereocenters. The van der Waals surface area contributed by atoms with Crippen molar-refractivity contribution in [3.05, 3.63) is 71.0 Å². The molecule has 0 fully saturated rings.